The Balaban J connectivity index is 1.98. The molecule has 1 aromatic rings. The van der Waals surface area contributed by atoms with Crippen LogP contribution in [-0.4, -0.2) is 41.5 Å². The molecule has 3 heteroatoms. The van der Waals surface area contributed by atoms with Gasteiger partial charge in [0.05, 0.1) is 12.1 Å². The molecule has 0 radical (unpaired) electrons. The Kier molecular flexibility index (Phi) is 4.61. The van der Waals surface area contributed by atoms with Gasteiger partial charge in [-0.1, -0.05) is 30.5 Å². The van der Waals surface area contributed by atoms with Crippen LogP contribution in [0, 0.1) is 13.8 Å². The van der Waals surface area contributed by atoms with Crippen molar-refractivity contribution >= 4 is 5.78 Å². The summed E-state index contributed by atoms with van der Waals surface area (Å²) in [4.78, 5) is 14.3. The molecule has 3 nitrogen and oxygen atoms in total. The minimum absolute atomic E-state index is 0.135. The molecule has 1 aliphatic carbocycles. The highest BCUT2D eigenvalue weighted by Gasteiger charge is 2.32. The van der Waals surface area contributed by atoms with E-state index in [0.29, 0.717) is 13.1 Å². The number of hydrogen-bond donors (Lipinski definition) is 1. The van der Waals surface area contributed by atoms with Crippen LogP contribution in [0.25, 0.3) is 0 Å². The van der Waals surface area contributed by atoms with Crippen LogP contribution in [0.2, 0.25) is 0 Å². The smallest absolute Gasteiger partial charge is 0.177 e. The van der Waals surface area contributed by atoms with Crippen molar-refractivity contribution in [1.82, 2.24) is 4.90 Å². The molecule has 0 spiro atoms. The number of ketones is 1. The maximum absolute atomic E-state index is 12.4. The normalized spacial score (nSPS) is 17.6. The number of likely N-dealkylation sites (N-methyl/N-ethyl adjacent to an activating group) is 1. The highest BCUT2D eigenvalue weighted by atomic mass is 16.3. The number of carbonyl (C=O) groups excluding carboxylic acids is 1. The highest BCUT2D eigenvalue weighted by molar-refractivity contribution is 5.99. The van der Waals surface area contributed by atoms with Gasteiger partial charge < -0.3 is 5.11 Å². The largest absolute Gasteiger partial charge is 0.389 e. The van der Waals surface area contributed by atoms with Gasteiger partial charge in [-0.3, -0.25) is 9.69 Å². The first kappa shape index (κ1) is 15.2. The number of carbonyl (C=O) groups is 1. The first-order valence-corrected chi connectivity index (χ1v) is 7.41. The Morgan fingerprint density at radius 1 is 1.30 bits per heavy atom. The molecule has 1 saturated carbocycles. The molecule has 20 heavy (non-hydrogen) atoms. The minimum atomic E-state index is -0.587. The molecular weight excluding hydrogens is 250 g/mol. The summed E-state index contributed by atoms with van der Waals surface area (Å²) in [7, 11) is 1.92. The summed E-state index contributed by atoms with van der Waals surface area (Å²) in [6.07, 6.45) is 3.90. The summed E-state index contributed by atoms with van der Waals surface area (Å²) in [5, 5.41) is 10.4. The standard InChI is InChI=1S/C17H25NO2/c1-13-6-7-14(2)15(10-13)16(19)11-18(3)12-17(20)8-4-5-9-17/h6-7,10,20H,4-5,8-9,11-12H2,1-3H3. The van der Waals surface area contributed by atoms with E-state index in [1.54, 1.807) is 0 Å². The zero-order valence-corrected chi connectivity index (χ0v) is 12.8. The lowest BCUT2D eigenvalue weighted by Gasteiger charge is -2.28. The average Bonchev–Trinajstić information content (AvgIpc) is 2.78. The molecule has 1 aliphatic rings. The molecule has 0 amide bonds. The predicted molar refractivity (Wildman–Crippen MR) is 81.2 cm³/mol. The van der Waals surface area contributed by atoms with Gasteiger partial charge in [-0.25, -0.2) is 0 Å². The predicted octanol–water partition coefficient (Wildman–Crippen LogP) is 2.72. The van der Waals surface area contributed by atoms with Crippen LogP contribution in [0.15, 0.2) is 18.2 Å². The van der Waals surface area contributed by atoms with Crippen LogP contribution in [0.4, 0.5) is 0 Å². The van der Waals surface area contributed by atoms with Crippen molar-refractivity contribution in [3.05, 3.63) is 34.9 Å². The summed E-state index contributed by atoms with van der Waals surface area (Å²) >= 11 is 0. The zero-order valence-electron chi connectivity index (χ0n) is 12.8. The minimum Gasteiger partial charge on any atom is -0.389 e. The number of hydrogen-bond acceptors (Lipinski definition) is 3. The third kappa shape index (κ3) is 3.68. The van der Waals surface area contributed by atoms with Crippen LogP contribution in [0.1, 0.15) is 47.2 Å². The topological polar surface area (TPSA) is 40.5 Å². The van der Waals surface area contributed by atoms with Crippen LogP contribution >= 0.6 is 0 Å². The molecule has 1 aromatic carbocycles. The summed E-state index contributed by atoms with van der Waals surface area (Å²) in [6, 6.07) is 5.97. The Bertz CT molecular complexity index is 490. The fourth-order valence-electron chi connectivity index (χ4n) is 3.12. The van der Waals surface area contributed by atoms with Gasteiger partial charge in [-0.2, -0.15) is 0 Å². The lowest BCUT2D eigenvalue weighted by Crippen LogP contribution is -2.41. The van der Waals surface area contributed by atoms with Crippen LogP contribution < -0.4 is 0 Å². The lowest BCUT2D eigenvalue weighted by molar-refractivity contribution is 0.0172. The molecule has 110 valence electrons. The monoisotopic (exact) mass is 275 g/mol. The van der Waals surface area contributed by atoms with Crippen molar-refractivity contribution < 1.29 is 9.90 Å². The van der Waals surface area contributed by atoms with Gasteiger partial charge in [-0.05, 0) is 45.4 Å². The number of rotatable bonds is 5. The number of nitrogens with zero attached hydrogens (tertiary/aromatic N) is 1. The second-order valence-corrected chi connectivity index (χ2v) is 6.35. The quantitative estimate of drug-likeness (QED) is 0.840. The molecule has 0 saturated heterocycles. The molecule has 0 heterocycles. The Morgan fingerprint density at radius 3 is 2.60 bits per heavy atom. The average molecular weight is 275 g/mol. The first-order chi connectivity index (χ1) is 9.39. The lowest BCUT2D eigenvalue weighted by atomic mass is 10.00. The third-order valence-corrected chi connectivity index (χ3v) is 4.21. The van der Waals surface area contributed by atoms with E-state index in [4.69, 9.17) is 0 Å². The second kappa shape index (κ2) is 6.06. The van der Waals surface area contributed by atoms with Gasteiger partial charge in [-0.15, -0.1) is 0 Å². The van der Waals surface area contributed by atoms with E-state index < -0.39 is 5.60 Å². The fraction of sp³-hybridized carbons (Fsp3) is 0.588. The van der Waals surface area contributed by atoms with E-state index in [1.807, 2.05) is 44.0 Å². The summed E-state index contributed by atoms with van der Waals surface area (Å²) in [5.41, 5.74) is 2.34. The van der Waals surface area contributed by atoms with Gasteiger partial charge in [0.1, 0.15) is 0 Å². The molecule has 0 bridgehead atoms. The van der Waals surface area contributed by atoms with Crippen LogP contribution in [0.3, 0.4) is 0 Å². The summed E-state index contributed by atoms with van der Waals surface area (Å²) in [6.45, 7) is 4.93. The van der Waals surface area contributed by atoms with E-state index >= 15 is 0 Å². The van der Waals surface area contributed by atoms with E-state index in [0.717, 1.165) is 42.4 Å². The van der Waals surface area contributed by atoms with Crippen LogP contribution in [-0.2, 0) is 0 Å². The van der Waals surface area contributed by atoms with Gasteiger partial charge >= 0.3 is 0 Å². The molecule has 0 aromatic heterocycles. The second-order valence-electron chi connectivity index (χ2n) is 6.35. The molecule has 2 rings (SSSR count). The highest BCUT2D eigenvalue weighted by Crippen LogP contribution is 2.29. The molecular formula is C17H25NO2. The van der Waals surface area contributed by atoms with Crippen molar-refractivity contribution in [1.29, 1.82) is 0 Å². The van der Waals surface area contributed by atoms with E-state index in [-0.39, 0.29) is 5.78 Å². The summed E-state index contributed by atoms with van der Waals surface area (Å²) < 4.78 is 0. The van der Waals surface area contributed by atoms with Gasteiger partial charge in [0.15, 0.2) is 5.78 Å². The van der Waals surface area contributed by atoms with Crippen molar-refractivity contribution in [3.8, 4) is 0 Å². The SMILES string of the molecule is Cc1ccc(C)c(C(=O)CN(C)CC2(O)CCCC2)c1. The number of aliphatic hydroxyl groups is 1. The van der Waals surface area contributed by atoms with E-state index in [9.17, 15) is 9.90 Å². The number of aryl methyl sites for hydroxylation is 2. The fourth-order valence-corrected chi connectivity index (χ4v) is 3.12. The van der Waals surface area contributed by atoms with Crippen molar-refractivity contribution in [2.24, 2.45) is 0 Å². The number of benzene rings is 1. The molecule has 0 atom stereocenters. The Hall–Kier alpha value is -1.19. The van der Waals surface area contributed by atoms with Gasteiger partial charge in [0.25, 0.3) is 0 Å². The van der Waals surface area contributed by atoms with E-state index in [1.165, 1.54) is 0 Å². The number of Topliss-reactive ketones (excluding diaryl/α,β-unsaturated/α-hetero) is 1. The first-order valence-electron chi connectivity index (χ1n) is 7.41. The van der Waals surface area contributed by atoms with Gasteiger partial charge in [0.2, 0.25) is 0 Å². The van der Waals surface area contributed by atoms with E-state index in [2.05, 4.69) is 0 Å². The van der Waals surface area contributed by atoms with Crippen molar-refractivity contribution in [2.45, 2.75) is 45.1 Å². The maximum Gasteiger partial charge on any atom is 0.177 e. The molecule has 0 unspecified atom stereocenters. The Labute approximate surface area is 121 Å². The zero-order chi connectivity index (χ0) is 14.8. The van der Waals surface area contributed by atoms with Crippen LogP contribution in [0.5, 0.6) is 0 Å². The Morgan fingerprint density at radius 2 is 1.95 bits per heavy atom. The van der Waals surface area contributed by atoms with Gasteiger partial charge in [0, 0.05) is 12.1 Å². The third-order valence-electron chi connectivity index (χ3n) is 4.21. The summed E-state index contributed by atoms with van der Waals surface area (Å²) in [5.74, 6) is 0.135. The molecule has 1 fully saturated rings. The maximum atomic E-state index is 12.4. The molecule has 1 N–H and O–H groups in total. The van der Waals surface area contributed by atoms with Crippen molar-refractivity contribution in [3.63, 3.8) is 0 Å². The van der Waals surface area contributed by atoms with Crippen molar-refractivity contribution in [2.75, 3.05) is 20.1 Å². The molecule has 0 aliphatic heterocycles.